The average molecular weight is 177 g/mol. The average Bonchev–Trinajstić information content (AvgIpc) is 2.14. The van der Waals surface area contributed by atoms with Crippen molar-refractivity contribution in [2.75, 3.05) is 7.05 Å². The van der Waals surface area contributed by atoms with Crippen molar-refractivity contribution in [3.8, 4) is 12.3 Å². The van der Waals surface area contributed by atoms with E-state index < -0.39 is 0 Å². The fourth-order valence-electron chi connectivity index (χ4n) is 1.23. The van der Waals surface area contributed by atoms with E-state index in [1.807, 2.05) is 13.1 Å². The molecule has 1 atom stereocenters. The van der Waals surface area contributed by atoms with Crippen LogP contribution >= 0.6 is 0 Å². The van der Waals surface area contributed by atoms with Crippen LogP contribution in [0.3, 0.4) is 0 Å². The van der Waals surface area contributed by atoms with Gasteiger partial charge in [-0.3, -0.25) is 0 Å². The molecule has 0 aliphatic heterocycles. The number of nitrogens with one attached hydrogen (secondary N) is 1. The fraction of sp³-hybridized carbons (Fsp3) is 0.273. The van der Waals surface area contributed by atoms with Gasteiger partial charge in [-0.2, -0.15) is 0 Å². The Bertz CT molecular complexity index is 314. The summed E-state index contributed by atoms with van der Waals surface area (Å²) in [6.45, 7) is 0. The Morgan fingerprint density at radius 2 is 2.38 bits per heavy atom. The molecule has 0 amide bonds. The van der Waals surface area contributed by atoms with Crippen LogP contribution < -0.4 is 5.32 Å². The molecule has 2 heteroatoms. The van der Waals surface area contributed by atoms with Crippen molar-refractivity contribution < 1.29 is 4.39 Å². The van der Waals surface area contributed by atoms with Crippen molar-refractivity contribution in [2.45, 2.75) is 12.5 Å². The number of terminal acetylenes is 1. The zero-order chi connectivity index (χ0) is 9.68. The second-order valence-corrected chi connectivity index (χ2v) is 2.80. The summed E-state index contributed by atoms with van der Waals surface area (Å²) in [5.41, 5.74) is 0.889. The standard InChI is InChI=1S/C11H12FN/c1-3-5-11(13-2)9-6-4-7-10(12)8-9/h1,4,6-8,11,13H,5H2,2H3. The molecule has 0 aliphatic rings. The number of benzene rings is 1. The second kappa shape index (κ2) is 4.64. The molecule has 1 rings (SSSR count). The van der Waals surface area contributed by atoms with Gasteiger partial charge in [-0.15, -0.1) is 12.3 Å². The molecule has 1 unspecified atom stereocenters. The van der Waals surface area contributed by atoms with Gasteiger partial charge in [-0.25, -0.2) is 4.39 Å². The van der Waals surface area contributed by atoms with Gasteiger partial charge < -0.3 is 5.32 Å². The molecule has 0 saturated heterocycles. The molecule has 13 heavy (non-hydrogen) atoms. The molecular weight excluding hydrogens is 165 g/mol. The molecule has 0 fully saturated rings. The first-order valence-corrected chi connectivity index (χ1v) is 4.14. The molecular formula is C11H12FN. The van der Waals surface area contributed by atoms with Gasteiger partial charge in [0.25, 0.3) is 0 Å². The molecule has 0 aromatic heterocycles. The van der Waals surface area contributed by atoms with Gasteiger partial charge in [-0.05, 0) is 24.7 Å². The van der Waals surface area contributed by atoms with E-state index in [1.165, 1.54) is 12.1 Å². The summed E-state index contributed by atoms with van der Waals surface area (Å²) in [7, 11) is 1.81. The van der Waals surface area contributed by atoms with Gasteiger partial charge in [0.1, 0.15) is 5.82 Å². The first kappa shape index (κ1) is 9.76. The zero-order valence-corrected chi connectivity index (χ0v) is 7.55. The summed E-state index contributed by atoms with van der Waals surface area (Å²) in [6, 6.07) is 6.51. The predicted octanol–water partition coefficient (Wildman–Crippen LogP) is 2.11. The van der Waals surface area contributed by atoms with Gasteiger partial charge in [0.2, 0.25) is 0 Å². The summed E-state index contributed by atoms with van der Waals surface area (Å²) in [4.78, 5) is 0. The van der Waals surface area contributed by atoms with E-state index in [2.05, 4.69) is 11.2 Å². The minimum absolute atomic E-state index is 0.0423. The van der Waals surface area contributed by atoms with Crippen LogP contribution in [0.25, 0.3) is 0 Å². The molecule has 0 aliphatic carbocycles. The van der Waals surface area contributed by atoms with E-state index in [1.54, 1.807) is 6.07 Å². The highest BCUT2D eigenvalue weighted by atomic mass is 19.1. The smallest absolute Gasteiger partial charge is 0.123 e. The monoisotopic (exact) mass is 177 g/mol. The molecule has 0 saturated carbocycles. The van der Waals surface area contributed by atoms with Crippen molar-refractivity contribution in [2.24, 2.45) is 0 Å². The quantitative estimate of drug-likeness (QED) is 0.697. The number of halogens is 1. The lowest BCUT2D eigenvalue weighted by Gasteiger charge is -2.13. The van der Waals surface area contributed by atoms with E-state index in [0.29, 0.717) is 6.42 Å². The Morgan fingerprint density at radius 3 is 2.92 bits per heavy atom. The Hall–Kier alpha value is -1.33. The van der Waals surface area contributed by atoms with E-state index in [0.717, 1.165) is 5.56 Å². The first-order valence-electron chi connectivity index (χ1n) is 4.14. The highest BCUT2D eigenvalue weighted by Gasteiger charge is 2.07. The summed E-state index contributed by atoms with van der Waals surface area (Å²) in [6.07, 6.45) is 5.77. The lowest BCUT2D eigenvalue weighted by molar-refractivity contribution is 0.590. The van der Waals surface area contributed by atoms with Crippen molar-refractivity contribution in [3.05, 3.63) is 35.6 Å². The maximum Gasteiger partial charge on any atom is 0.123 e. The van der Waals surface area contributed by atoms with Crippen LogP contribution in [0.15, 0.2) is 24.3 Å². The SMILES string of the molecule is C#CCC(NC)c1cccc(F)c1. The van der Waals surface area contributed by atoms with E-state index in [9.17, 15) is 4.39 Å². The van der Waals surface area contributed by atoms with Crippen LogP contribution in [0.2, 0.25) is 0 Å². The molecule has 0 bridgehead atoms. The van der Waals surface area contributed by atoms with Crippen molar-refractivity contribution in [1.29, 1.82) is 0 Å². The molecule has 0 heterocycles. The normalized spacial score (nSPS) is 12.1. The lowest BCUT2D eigenvalue weighted by Crippen LogP contribution is -2.15. The van der Waals surface area contributed by atoms with E-state index >= 15 is 0 Å². The second-order valence-electron chi connectivity index (χ2n) is 2.80. The number of hydrogen-bond donors (Lipinski definition) is 1. The van der Waals surface area contributed by atoms with Gasteiger partial charge in [0.05, 0.1) is 0 Å². The number of rotatable bonds is 3. The fourth-order valence-corrected chi connectivity index (χ4v) is 1.23. The molecule has 1 aromatic rings. The van der Waals surface area contributed by atoms with Crippen molar-refractivity contribution in [1.82, 2.24) is 5.32 Å². The third-order valence-electron chi connectivity index (χ3n) is 1.92. The maximum absolute atomic E-state index is 12.8. The molecule has 0 spiro atoms. The minimum atomic E-state index is -0.227. The molecule has 1 aromatic carbocycles. The minimum Gasteiger partial charge on any atom is -0.312 e. The molecule has 68 valence electrons. The Kier molecular flexibility index (Phi) is 3.48. The summed E-state index contributed by atoms with van der Waals surface area (Å²) in [5.74, 6) is 2.32. The molecule has 1 nitrogen and oxygen atoms in total. The Labute approximate surface area is 78.0 Å². The summed E-state index contributed by atoms with van der Waals surface area (Å²) < 4.78 is 12.8. The summed E-state index contributed by atoms with van der Waals surface area (Å²) >= 11 is 0. The molecule has 0 radical (unpaired) electrons. The number of hydrogen-bond acceptors (Lipinski definition) is 1. The van der Waals surface area contributed by atoms with Crippen LogP contribution in [-0.2, 0) is 0 Å². The van der Waals surface area contributed by atoms with Gasteiger partial charge >= 0.3 is 0 Å². The van der Waals surface area contributed by atoms with E-state index in [4.69, 9.17) is 6.42 Å². The van der Waals surface area contributed by atoms with Crippen molar-refractivity contribution in [3.63, 3.8) is 0 Å². The predicted molar refractivity (Wildman–Crippen MR) is 51.7 cm³/mol. The highest BCUT2D eigenvalue weighted by molar-refractivity contribution is 5.21. The van der Waals surface area contributed by atoms with Gasteiger partial charge in [-0.1, -0.05) is 12.1 Å². The largest absolute Gasteiger partial charge is 0.312 e. The Morgan fingerprint density at radius 1 is 1.62 bits per heavy atom. The zero-order valence-electron chi connectivity index (χ0n) is 7.55. The van der Waals surface area contributed by atoms with Crippen molar-refractivity contribution >= 4 is 0 Å². The van der Waals surface area contributed by atoms with E-state index in [-0.39, 0.29) is 11.9 Å². The Balaban J connectivity index is 2.86. The van der Waals surface area contributed by atoms with Crippen LogP contribution in [0, 0.1) is 18.2 Å². The van der Waals surface area contributed by atoms with Crippen LogP contribution in [0.4, 0.5) is 4.39 Å². The van der Waals surface area contributed by atoms with Crippen LogP contribution in [-0.4, -0.2) is 7.05 Å². The third-order valence-corrected chi connectivity index (χ3v) is 1.92. The highest BCUT2D eigenvalue weighted by Crippen LogP contribution is 2.16. The van der Waals surface area contributed by atoms with Gasteiger partial charge in [0.15, 0.2) is 0 Å². The lowest BCUT2D eigenvalue weighted by atomic mass is 10.0. The van der Waals surface area contributed by atoms with Crippen LogP contribution in [0.5, 0.6) is 0 Å². The topological polar surface area (TPSA) is 12.0 Å². The molecule has 1 N–H and O–H groups in total. The summed E-state index contributed by atoms with van der Waals surface area (Å²) in [5, 5.41) is 3.04. The van der Waals surface area contributed by atoms with Gasteiger partial charge in [0, 0.05) is 12.5 Å². The third kappa shape index (κ3) is 2.57. The van der Waals surface area contributed by atoms with Crippen LogP contribution in [0.1, 0.15) is 18.0 Å². The first-order chi connectivity index (χ1) is 6.27. The maximum atomic E-state index is 12.8.